The third-order valence-electron chi connectivity index (χ3n) is 10.6. The largest absolute Gasteiger partial charge is 0.463 e. The number of carbonyl (C=O) groups is 2. The fraction of sp³-hybridized carbons (Fsp3) is 0.0851. The van der Waals surface area contributed by atoms with Gasteiger partial charge >= 0.3 is 11.3 Å². The van der Waals surface area contributed by atoms with Gasteiger partial charge in [-0.1, -0.05) is 6.07 Å². The van der Waals surface area contributed by atoms with Crippen LogP contribution in [0, 0.1) is 33.5 Å². The van der Waals surface area contributed by atoms with Crippen molar-refractivity contribution in [1.82, 2.24) is 24.6 Å². The van der Waals surface area contributed by atoms with E-state index in [1.54, 1.807) is 69.6 Å². The number of benzene rings is 4. The number of halogens is 1. The molecule has 0 saturated carbocycles. The van der Waals surface area contributed by atoms with E-state index in [0.717, 1.165) is 27.9 Å². The Morgan fingerprint density at radius 1 is 0.667 bits per heavy atom. The molecule has 0 radical (unpaired) electrons. The number of hydrogen-bond donors (Lipinski definition) is 3. The number of aryl methyl sites for hydroxylation is 4. The average Bonchev–Trinajstić information content (AvgIpc) is 3.96. The summed E-state index contributed by atoms with van der Waals surface area (Å²) in [7, 11) is 0. The molecule has 312 valence electrons. The molecular weight excluding hydrogens is 810 g/mol. The van der Waals surface area contributed by atoms with E-state index in [1.807, 2.05) is 45.9 Å². The van der Waals surface area contributed by atoms with E-state index >= 15 is 0 Å². The van der Waals surface area contributed by atoms with Crippen molar-refractivity contribution in [3.8, 4) is 0 Å². The fourth-order valence-electron chi connectivity index (χ4n) is 7.57. The zero-order chi connectivity index (χ0) is 44.1. The Balaban J connectivity index is 0.000000161. The summed E-state index contributed by atoms with van der Waals surface area (Å²) < 4.78 is 33.0. The van der Waals surface area contributed by atoms with Crippen LogP contribution in [-0.4, -0.2) is 38.0 Å². The van der Waals surface area contributed by atoms with Crippen molar-refractivity contribution >= 4 is 79.3 Å². The van der Waals surface area contributed by atoms with Crippen molar-refractivity contribution in [2.45, 2.75) is 27.7 Å². The third-order valence-corrected chi connectivity index (χ3v) is 10.6. The van der Waals surface area contributed by atoms with Crippen molar-refractivity contribution in [2.75, 3.05) is 0 Å². The molecule has 6 aromatic heterocycles. The molecule has 63 heavy (non-hydrogen) atoms. The molecule has 0 bridgehead atoms. The summed E-state index contributed by atoms with van der Waals surface area (Å²) in [6.07, 6.45) is 5.74. The molecule has 6 heterocycles. The minimum atomic E-state index is -0.490. The van der Waals surface area contributed by atoms with Crippen LogP contribution in [0.25, 0.3) is 55.1 Å². The number of hydrogen-bond acceptors (Lipinski definition) is 10. The lowest BCUT2D eigenvalue weighted by Gasteiger charge is -2.06. The molecule has 0 aliphatic heterocycles. The van der Waals surface area contributed by atoms with E-state index in [-0.39, 0.29) is 16.8 Å². The van der Waals surface area contributed by atoms with Crippen LogP contribution in [0.15, 0.2) is 141 Å². The molecule has 0 spiro atoms. The van der Waals surface area contributed by atoms with Gasteiger partial charge in [-0.15, -0.1) is 0 Å². The smallest absolute Gasteiger partial charge is 0.346 e. The highest BCUT2D eigenvalue weighted by atomic mass is 19.1. The summed E-state index contributed by atoms with van der Waals surface area (Å²) in [4.78, 5) is 65.4. The standard InChI is InChI=1S/C25H19N3O5.C22H15FN4O3/c1-13-8-14(2)22-20(9-13)32-12-17(23(22)29)11-26-27-24(30)16-5-6-18-19(10-16)28-15(3)4-7-21(28)33-25(18)31;1-12-2-7-20-27(12)19-8-13(3-5-17(19)22(29)30-20)21(28)26-25-11-14-10-24-18-9-15(23)4-6-16(14)18/h4-12H,1-3H3,(H,27,30);2-11,24H,1H3,(H,26,28)/b26-11+;25-11+. The Hall–Kier alpha value is -8.66. The minimum absolute atomic E-state index is 0.218. The topological polar surface area (TPSA) is 198 Å². The average molecular weight is 844 g/mol. The Bertz CT molecular complexity index is 3770. The first-order valence-electron chi connectivity index (χ1n) is 19.4. The molecule has 0 atom stereocenters. The Morgan fingerprint density at radius 3 is 1.81 bits per heavy atom. The summed E-state index contributed by atoms with van der Waals surface area (Å²) in [5, 5.41) is 9.95. The van der Waals surface area contributed by atoms with E-state index < -0.39 is 23.1 Å². The lowest BCUT2D eigenvalue weighted by atomic mass is 10.1. The molecule has 0 unspecified atom stereocenters. The van der Waals surface area contributed by atoms with Gasteiger partial charge in [0, 0.05) is 57.3 Å². The second-order valence-corrected chi connectivity index (χ2v) is 14.8. The molecule has 15 nitrogen and oxygen atoms in total. The van der Waals surface area contributed by atoms with Crippen molar-refractivity contribution < 1.29 is 27.2 Å². The Morgan fingerprint density at radius 2 is 1.22 bits per heavy atom. The predicted molar refractivity (Wildman–Crippen MR) is 237 cm³/mol. The van der Waals surface area contributed by atoms with Gasteiger partial charge in [0.1, 0.15) is 17.7 Å². The maximum absolute atomic E-state index is 13.3. The Labute approximate surface area is 353 Å². The number of fused-ring (bicyclic) bond motifs is 8. The molecule has 3 N–H and O–H groups in total. The predicted octanol–water partition coefficient (Wildman–Crippen LogP) is 7.58. The molecule has 0 saturated heterocycles. The molecule has 10 rings (SSSR count). The number of H-pyrrole nitrogens is 1. The highest BCUT2D eigenvalue weighted by molar-refractivity contribution is 6.02. The van der Waals surface area contributed by atoms with Crippen molar-refractivity contribution in [3.63, 3.8) is 0 Å². The molecule has 0 fully saturated rings. The van der Waals surface area contributed by atoms with Gasteiger partial charge in [-0.2, -0.15) is 10.2 Å². The van der Waals surface area contributed by atoms with Gasteiger partial charge in [0.05, 0.1) is 45.2 Å². The normalized spacial score (nSPS) is 11.8. The zero-order valence-corrected chi connectivity index (χ0v) is 33.9. The van der Waals surface area contributed by atoms with E-state index in [2.05, 4.69) is 26.0 Å². The van der Waals surface area contributed by atoms with Gasteiger partial charge in [-0.25, -0.2) is 24.8 Å². The van der Waals surface area contributed by atoms with Crippen LogP contribution >= 0.6 is 0 Å². The maximum atomic E-state index is 13.3. The van der Waals surface area contributed by atoms with Crippen LogP contribution in [0.5, 0.6) is 0 Å². The van der Waals surface area contributed by atoms with Gasteiger partial charge in [0.15, 0.2) is 0 Å². The molecule has 0 aliphatic rings. The van der Waals surface area contributed by atoms with E-state index in [4.69, 9.17) is 13.3 Å². The SMILES string of the molecule is Cc1cc(C)c2c(=O)c(/C=N/NC(=O)c3ccc4c(=O)oc5ccc(C)n5c4c3)coc2c1.Cc1ccc2oc(=O)c3ccc(C(=O)N/N=C/c4c[nH]c5cc(F)ccc45)cc3n12. The molecular formula is C47H34FN7O8. The number of hydrazone groups is 2. The summed E-state index contributed by atoms with van der Waals surface area (Å²) in [5.74, 6) is -1.25. The number of rotatable bonds is 6. The first-order chi connectivity index (χ1) is 30.3. The second-order valence-electron chi connectivity index (χ2n) is 14.8. The van der Waals surface area contributed by atoms with Gasteiger partial charge < -0.3 is 18.2 Å². The van der Waals surface area contributed by atoms with Crippen LogP contribution in [0.4, 0.5) is 4.39 Å². The minimum Gasteiger partial charge on any atom is -0.463 e. The Kier molecular flexibility index (Phi) is 9.94. The summed E-state index contributed by atoms with van der Waals surface area (Å²) in [6.45, 7) is 7.54. The molecule has 10 aromatic rings. The van der Waals surface area contributed by atoms with Crippen LogP contribution < -0.4 is 27.5 Å². The monoisotopic (exact) mass is 843 g/mol. The number of carbonyl (C=O) groups excluding carboxylic acids is 2. The summed E-state index contributed by atoms with van der Waals surface area (Å²) >= 11 is 0. The summed E-state index contributed by atoms with van der Waals surface area (Å²) in [5.41, 5.74) is 12.0. The van der Waals surface area contributed by atoms with Crippen molar-refractivity contribution in [2.24, 2.45) is 10.2 Å². The highest BCUT2D eigenvalue weighted by Gasteiger charge is 2.15. The van der Waals surface area contributed by atoms with Crippen molar-refractivity contribution in [3.05, 3.63) is 185 Å². The fourth-order valence-corrected chi connectivity index (χ4v) is 7.57. The molecule has 0 aliphatic carbocycles. The number of aromatic amines is 1. The lowest BCUT2D eigenvalue weighted by Crippen LogP contribution is -2.19. The molecule has 2 amide bonds. The second kappa shape index (κ2) is 15.7. The van der Waals surface area contributed by atoms with Crippen LogP contribution in [0.1, 0.15) is 54.4 Å². The van der Waals surface area contributed by atoms with Gasteiger partial charge in [-0.3, -0.25) is 23.2 Å². The third kappa shape index (κ3) is 7.35. The first kappa shape index (κ1) is 39.8. The van der Waals surface area contributed by atoms with E-state index in [1.165, 1.54) is 36.9 Å². The van der Waals surface area contributed by atoms with Crippen LogP contribution in [-0.2, 0) is 0 Å². The number of nitrogens with zero attached hydrogens (tertiary/aromatic N) is 4. The van der Waals surface area contributed by atoms with Crippen LogP contribution in [0.2, 0.25) is 0 Å². The first-order valence-corrected chi connectivity index (χ1v) is 19.4. The molecule has 4 aromatic carbocycles. The van der Waals surface area contributed by atoms with Gasteiger partial charge in [-0.05, 0) is 112 Å². The van der Waals surface area contributed by atoms with Crippen molar-refractivity contribution in [1.29, 1.82) is 0 Å². The van der Waals surface area contributed by atoms with Gasteiger partial charge in [0.2, 0.25) is 16.9 Å². The summed E-state index contributed by atoms with van der Waals surface area (Å²) in [6, 6.07) is 24.6. The number of amides is 2. The van der Waals surface area contributed by atoms with Gasteiger partial charge in [0.25, 0.3) is 11.8 Å². The zero-order valence-electron chi connectivity index (χ0n) is 33.9. The maximum Gasteiger partial charge on any atom is 0.346 e. The molecule has 16 heteroatoms. The van der Waals surface area contributed by atoms with E-state index in [9.17, 15) is 28.4 Å². The lowest BCUT2D eigenvalue weighted by molar-refractivity contribution is 0.0947. The quantitative estimate of drug-likeness (QED) is 0.112. The highest BCUT2D eigenvalue weighted by Crippen LogP contribution is 2.22. The number of nitrogens with one attached hydrogen (secondary N) is 3. The number of aromatic nitrogens is 3. The van der Waals surface area contributed by atoms with E-state index in [0.29, 0.717) is 66.4 Å². The van der Waals surface area contributed by atoms with Crippen LogP contribution in [0.3, 0.4) is 0 Å².